The van der Waals surface area contributed by atoms with Gasteiger partial charge in [-0.25, -0.2) is 9.37 Å². The second kappa shape index (κ2) is 7.65. The first-order valence-corrected chi connectivity index (χ1v) is 6.04. The van der Waals surface area contributed by atoms with Gasteiger partial charge in [-0.1, -0.05) is 0 Å². The average molecular weight is 271 g/mol. The Morgan fingerprint density at radius 3 is 2.58 bits per heavy atom. The number of hydrogen-bond acceptors (Lipinski definition) is 5. The maximum atomic E-state index is 13.2. The second-order valence-electron chi connectivity index (χ2n) is 3.82. The van der Waals surface area contributed by atoms with E-state index in [1.54, 1.807) is 0 Å². The highest BCUT2D eigenvalue weighted by atomic mass is 19.1. The number of rotatable bonds is 7. The molecule has 6 nitrogen and oxygen atoms in total. The Hall–Kier alpha value is -1.73. The van der Waals surface area contributed by atoms with E-state index in [0.29, 0.717) is 6.54 Å². The fourth-order valence-corrected chi connectivity index (χ4v) is 1.64. The third-order valence-electron chi connectivity index (χ3n) is 2.46. The number of aromatic nitrogens is 1. The number of amides is 1. The molecular formula is C12H18FN3O3. The molecule has 0 saturated heterocycles. The standard InChI is InChI=1S/C12H18FN3O3/c1-2-14-11-10(7-9(13)8-15-11)12(19)16(3-5-17)4-6-18/h7-8,17-18H,2-6H2,1H3,(H,14,15). The molecule has 0 saturated carbocycles. The van der Waals surface area contributed by atoms with Gasteiger partial charge in [-0.2, -0.15) is 0 Å². The Labute approximate surface area is 110 Å². The van der Waals surface area contributed by atoms with Gasteiger partial charge in [0.25, 0.3) is 5.91 Å². The van der Waals surface area contributed by atoms with Gasteiger partial charge in [0.15, 0.2) is 0 Å². The number of aliphatic hydroxyl groups excluding tert-OH is 2. The number of nitrogens with zero attached hydrogens (tertiary/aromatic N) is 2. The first-order valence-electron chi connectivity index (χ1n) is 6.04. The molecule has 0 spiro atoms. The smallest absolute Gasteiger partial charge is 0.257 e. The lowest BCUT2D eigenvalue weighted by Crippen LogP contribution is -2.36. The largest absolute Gasteiger partial charge is 0.395 e. The van der Waals surface area contributed by atoms with Gasteiger partial charge in [0.05, 0.1) is 25.0 Å². The van der Waals surface area contributed by atoms with E-state index in [0.717, 1.165) is 12.3 Å². The molecule has 3 N–H and O–H groups in total. The summed E-state index contributed by atoms with van der Waals surface area (Å²) >= 11 is 0. The molecule has 1 amide bonds. The summed E-state index contributed by atoms with van der Waals surface area (Å²) in [5.41, 5.74) is 0.0868. The van der Waals surface area contributed by atoms with Gasteiger partial charge >= 0.3 is 0 Å². The van der Waals surface area contributed by atoms with Gasteiger partial charge < -0.3 is 20.4 Å². The molecule has 0 aliphatic rings. The molecule has 1 aromatic rings. The predicted molar refractivity (Wildman–Crippen MR) is 68.4 cm³/mol. The van der Waals surface area contributed by atoms with Crippen LogP contribution in [0.2, 0.25) is 0 Å². The fraction of sp³-hybridized carbons (Fsp3) is 0.500. The zero-order valence-corrected chi connectivity index (χ0v) is 10.8. The van der Waals surface area contributed by atoms with Crippen LogP contribution in [0.1, 0.15) is 17.3 Å². The Kier molecular flexibility index (Phi) is 6.17. The van der Waals surface area contributed by atoms with Crippen molar-refractivity contribution >= 4 is 11.7 Å². The molecule has 0 aromatic carbocycles. The minimum atomic E-state index is -0.613. The lowest BCUT2D eigenvalue weighted by atomic mass is 10.2. The third-order valence-corrected chi connectivity index (χ3v) is 2.46. The molecule has 0 radical (unpaired) electrons. The van der Waals surface area contributed by atoms with Crippen LogP contribution in [0.4, 0.5) is 10.2 Å². The first kappa shape index (κ1) is 15.3. The van der Waals surface area contributed by atoms with Gasteiger partial charge in [-0.05, 0) is 13.0 Å². The number of nitrogens with one attached hydrogen (secondary N) is 1. The number of aliphatic hydroxyl groups is 2. The van der Waals surface area contributed by atoms with Crippen LogP contribution in [-0.2, 0) is 0 Å². The van der Waals surface area contributed by atoms with Crippen molar-refractivity contribution in [3.05, 3.63) is 23.6 Å². The van der Waals surface area contributed by atoms with Crippen molar-refractivity contribution in [2.75, 3.05) is 38.2 Å². The lowest BCUT2D eigenvalue weighted by molar-refractivity contribution is 0.0685. The SMILES string of the molecule is CCNc1ncc(F)cc1C(=O)N(CCO)CCO. The van der Waals surface area contributed by atoms with Crippen molar-refractivity contribution in [2.45, 2.75) is 6.92 Å². The van der Waals surface area contributed by atoms with Crippen LogP contribution in [0.15, 0.2) is 12.3 Å². The molecule has 0 unspecified atom stereocenters. The molecule has 1 aromatic heterocycles. The normalized spacial score (nSPS) is 10.3. The number of carbonyl (C=O) groups is 1. The molecule has 0 aliphatic carbocycles. The highest BCUT2D eigenvalue weighted by molar-refractivity contribution is 5.98. The van der Waals surface area contributed by atoms with Gasteiger partial charge in [-0.3, -0.25) is 4.79 Å². The van der Waals surface area contributed by atoms with Crippen molar-refractivity contribution in [1.29, 1.82) is 0 Å². The minimum absolute atomic E-state index is 0.0709. The van der Waals surface area contributed by atoms with E-state index < -0.39 is 11.7 Å². The van der Waals surface area contributed by atoms with Crippen LogP contribution in [0, 0.1) is 5.82 Å². The van der Waals surface area contributed by atoms with Crippen LogP contribution in [0.3, 0.4) is 0 Å². The lowest BCUT2D eigenvalue weighted by Gasteiger charge is -2.21. The molecule has 1 heterocycles. The number of pyridine rings is 1. The zero-order chi connectivity index (χ0) is 14.3. The number of hydrogen-bond donors (Lipinski definition) is 3. The van der Waals surface area contributed by atoms with Crippen molar-refractivity contribution in [3.8, 4) is 0 Å². The predicted octanol–water partition coefficient (Wildman–Crippen LogP) is 0.0793. The van der Waals surface area contributed by atoms with Gasteiger partial charge in [0.1, 0.15) is 11.6 Å². The Morgan fingerprint density at radius 1 is 1.42 bits per heavy atom. The van der Waals surface area contributed by atoms with Crippen molar-refractivity contribution < 1.29 is 19.4 Å². The molecule has 1 rings (SSSR count). The van der Waals surface area contributed by atoms with Crippen LogP contribution in [-0.4, -0.2) is 58.9 Å². The van der Waals surface area contributed by atoms with Crippen molar-refractivity contribution in [1.82, 2.24) is 9.88 Å². The van der Waals surface area contributed by atoms with Crippen molar-refractivity contribution in [3.63, 3.8) is 0 Å². The summed E-state index contributed by atoms with van der Waals surface area (Å²) in [4.78, 5) is 17.3. The second-order valence-corrected chi connectivity index (χ2v) is 3.82. The summed E-state index contributed by atoms with van der Waals surface area (Å²) < 4.78 is 13.2. The number of anilines is 1. The molecule has 0 atom stereocenters. The van der Waals surface area contributed by atoms with Crippen LogP contribution >= 0.6 is 0 Å². The van der Waals surface area contributed by atoms with E-state index in [9.17, 15) is 9.18 Å². The Balaban J connectivity index is 3.03. The highest BCUT2D eigenvalue weighted by Gasteiger charge is 2.19. The quantitative estimate of drug-likeness (QED) is 0.654. The van der Waals surface area contributed by atoms with E-state index >= 15 is 0 Å². The Morgan fingerprint density at radius 2 is 2.05 bits per heavy atom. The Bertz CT molecular complexity index is 423. The molecular weight excluding hydrogens is 253 g/mol. The van der Waals surface area contributed by atoms with Gasteiger partial charge in [-0.15, -0.1) is 0 Å². The van der Waals surface area contributed by atoms with E-state index in [1.807, 2.05) is 6.92 Å². The maximum absolute atomic E-state index is 13.2. The highest BCUT2D eigenvalue weighted by Crippen LogP contribution is 2.16. The summed E-state index contributed by atoms with van der Waals surface area (Å²) in [6.45, 7) is 2.05. The summed E-state index contributed by atoms with van der Waals surface area (Å²) in [6.07, 6.45) is 1.02. The minimum Gasteiger partial charge on any atom is -0.395 e. The van der Waals surface area contributed by atoms with E-state index in [2.05, 4.69) is 10.3 Å². The van der Waals surface area contributed by atoms with E-state index in [4.69, 9.17) is 10.2 Å². The summed E-state index contributed by atoms with van der Waals surface area (Å²) in [6, 6.07) is 1.09. The topological polar surface area (TPSA) is 85.7 Å². The summed E-state index contributed by atoms with van der Waals surface area (Å²) in [7, 11) is 0. The van der Waals surface area contributed by atoms with Gasteiger partial charge in [0.2, 0.25) is 0 Å². The maximum Gasteiger partial charge on any atom is 0.257 e. The van der Waals surface area contributed by atoms with E-state index in [-0.39, 0.29) is 37.7 Å². The average Bonchev–Trinajstić information content (AvgIpc) is 2.40. The molecule has 0 aliphatic heterocycles. The molecule has 106 valence electrons. The third kappa shape index (κ3) is 4.15. The van der Waals surface area contributed by atoms with Crippen LogP contribution in [0.25, 0.3) is 0 Å². The molecule has 0 fully saturated rings. The first-order chi connectivity index (χ1) is 9.13. The van der Waals surface area contributed by atoms with Gasteiger partial charge in [0, 0.05) is 19.6 Å². The van der Waals surface area contributed by atoms with Crippen LogP contribution < -0.4 is 5.32 Å². The zero-order valence-electron chi connectivity index (χ0n) is 10.8. The number of carbonyl (C=O) groups excluding carboxylic acids is 1. The van der Waals surface area contributed by atoms with Crippen molar-refractivity contribution in [2.24, 2.45) is 0 Å². The molecule has 0 bridgehead atoms. The summed E-state index contributed by atoms with van der Waals surface area (Å²) in [5, 5.41) is 20.7. The number of halogens is 1. The monoisotopic (exact) mass is 271 g/mol. The summed E-state index contributed by atoms with van der Waals surface area (Å²) in [5.74, 6) is -0.807. The van der Waals surface area contributed by atoms with E-state index in [1.165, 1.54) is 4.90 Å². The van der Waals surface area contributed by atoms with Crippen LogP contribution in [0.5, 0.6) is 0 Å². The molecule has 19 heavy (non-hydrogen) atoms. The molecule has 7 heteroatoms. The fourth-order valence-electron chi connectivity index (χ4n) is 1.64.